The fourth-order valence-electron chi connectivity index (χ4n) is 2.86. The first kappa shape index (κ1) is 11.2. The molecular formula is C17H18N+. The standard InChI is InChI=1S/C17H18N/c1-13-17(14-8-4-3-5-9-14)16-11-7-6-10-15(16)12-18(13)2/h3-13,17H,1-2H3/q+1/t13-,17+/m1/s1. The lowest BCUT2D eigenvalue weighted by Gasteiger charge is -2.26. The van der Waals surface area contributed by atoms with Crippen LogP contribution in [0.2, 0.25) is 0 Å². The van der Waals surface area contributed by atoms with E-state index in [4.69, 9.17) is 0 Å². The van der Waals surface area contributed by atoms with Gasteiger partial charge in [-0.1, -0.05) is 48.5 Å². The molecule has 0 unspecified atom stereocenters. The van der Waals surface area contributed by atoms with Crippen molar-refractivity contribution in [1.29, 1.82) is 0 Å². The number of hydrogen-bond donors (Lipinski definition) is 0. The van der Waals surface area contributed by atoms with Crippen LogP contribution in [0.5, 0.6) is 0 Å². The van der Waals surface area contributed by atoms with Crippen LogP contribution in [-0.4, -0.2) is 23.9 Å². The maximum Gasteiger partial charge on any atom is 0.170 e. The molecule has 0 radical (unpaired) electrons. The van der Waals surface area contributed by atoms with Gasteiger partial charge in [0, 0.05) is 5.56 Å². The van der Waals surface area contributed by atoms with E-state index in [0.717, 1.165) is 0 Å². The predicted molar refractivity (Wildman–Crippen MR) is 75.5 cm³/mol. The van der Waals surface area contributed by atoms with Crippen LogP contribution < -0.4 is 0 Å². The highest BCUT2D eigenvalue weighted by Gasteiger charge is 2.32. The summed E-state index contributed by atoms with van der Waals surface area (Å²) in [5.74, 6) is 0.456. The third kappa shape index (κ3) is 1.76. The molecule has 3 rings (SSSR count). The van der Waals surface area contributed by atoms with Crippen LogP contribution in [0.15, 0.2) is 54.6 Å². The minimum atomic E-state index is 0.456. The van der Waals surface area contributed by atoms with Crippen molar-refractivity contribution in [3.8, 4) is 0 Å². The fraction of sp³-hybridized carbons (Fsp3) is 0.235. The van der Waals surface area contributed by atoms with Crippen molar-refractivity contribution in [3.63, 3.8) is 0 Å². The summed E-state index contributed by atoms with van der Waals surface area (Å²) in [6.07, 6.45) is 2.25. The van der Waals surface area contributed by atoms with E-state index in [2.05, 4.69) is 79.4 Å². The third-order valence-electron chi connectivity index (χ3n) is 3.96. The second kappa shape index (κ2) is 4.41. The Morgan fingerprint density at radius 1 is 0.889 bits per heavy atom. The van der Waals surface area contributed by atoms with E-state index in [-0.39, 0.29) is 0 Å². The maximum atomic E-state index is 2.32. The third-order valence-corrected chi connectivity index (χ3v) is 3.96. The molecule has 0 aromatic heterocycles. The Balaban J connectivity index is 2.17. The minimum Gasteiger partial charge on any atom is -0.235 e. The zero-order valence-electron chi connectivity index (χ0n) is 10.9. The summed E-state index contributed by atoms with van der Waals surface area (Å²) in [6.45, 7) is 2.30. The number of benzene rings is 2. The maximum absolute atomic E-state index is 2.32. The lowest BCUT2D eigenvalue weighted by atomic mass is 9.81. The Morgan fingerprint density at radius 3 is 2.33 bits per heavy atom. The van der Waals surface area contributed by atoms with Crippen LogP contribution in [0.1, 0.15) is 29.5 Å². The van der Waals surface area contributed by atoms with Gasteiger partial charge in [0.1, 0.15) is 7.05 Å². The molecule has 0 aliphatic carbocycles. The van der Waals surface area contributed by atoms with Crippen molar-refractivity contribution >= 4 is 6.21 Å². The van der Waals surface area contributed by atoms with Crippen molar-refractivity contribution in [1.82, 2.24) is 0 Å². The van der Waals surface area contributed by atoms with E-state index in [1.807, 2.05) is 0 Å². The lowest BCUT2D eigenvalue weighted by molar-refractivity contribution is -0.533. The fourth-order valence-corrected chi connectivity index (χ4v) is 2.86. The second-order valence-corrected chi connectivity index (χ2v) is 5.05. The predicted octanol–water partition coefficient (Wildman–Crippen LogP) is 3.28. The molecule has 2 aromatic carbocycles. The Morgan fingerprint density at radius 2 is 1.56 bits per heavy atom. The van der Waals surface area contributed by atoms with E-state index in [1.165, 1.54) is 16.7 Å². The average molecular weight is 236 g/mol. The van der Waals surface area contributed by atoms with Gasteiger partial charge in [0.05, 0.1) is 5.92 Å². The molecule has 1 nitrogen and oxygen atoms in total. The summed E-state index contributed by atoms with van der Waals surface area (Å²) in [7, 11) is 2.16. The van der Waals surface area contributed by atoms with Crippen molar-refractivity contribution in [2.45, 2.75) is 18.9 Å². The van der Waals surface area contributed by atoms with Crippen LogP contribution in [0.4, 0.5) is 0 Å². The molecule has 18 heavy (non-hydrogen) atoms. The summed E-state index contributed by atoms with van der Waals surface area (Å²) < 4.78 is 2.32. The van der Waals surface area contributed by atoms with Crippen molar-refractivity contribution < 1.29 is 4.58 Å². The molecule has 1 aliphatic heterocycles. The van der Waals surface area contributed by atoms with E-state index in [9.17, 15) is 0 Å². The molecule has 0 N–H and O–H groups in total. The van der Waals surface area contributed by atoms with Crippen LogP contribution in [0, 0.1) is 0 Å². The van der Waals surface area contributed by atoms with Crippen LogP contribution in [0.25, 0.3) is 0 Å². The van der Waals surface area contributed by atoms with Crippen molar-refractivity contribution in [2.75, 3.05) is 7.05 Å². The molecule has 1 heteroatoms. The molecule has 0 fully saturated rings. The molecule has 1 aliphatic rings. The molecule has 0 saturated heterocycles. The average Bonchev–Trinajstić information content (AvgIpc) is 2.41. The summed E-state index contributed by atoms with van der Waals surface area (Å²) in [5, 5.41) is 0. The monoisotopic (exact) mass is 236 g/mol. The number of nitrogens with zero attached hydrogens (tertiary/aromatic N) is 1. The lowest BCUT2D eigenvalue weighted by Crippen LogP contribution is -2.33. The number of likely N-dealkylation sites (N-methyl/N-ethyl adjacent to an activating group) is 1. The van der Waals surface area contributed by atoms with Crippen molar-refractivity contribution in [2.24, 2.45) is 0 Å². The van der Waals surface area contributed by atoms with Gasteiger partial charge in [-0.3, -0.25) is 0 Å². The smallest absolute Gasteiger partial charge is 0.170 e. The van der Waals surface area contributed by atoms with Crippen LogP contribution >= 0.6 is 0 Å². The second-order valence-electron chi connectivity index (χ2n) is 5.05. The van der Waals surface area contributed by atoms with E-state index in [1.54, 1.807) is 0 Å². The molecule has 0 spiro atoms. The highest BCUT2D eigenvalue weighted by atomic mass is 15.0. The molecule has 2 atom stereocenters. The quantitative estimate of drug-likeness (QED) is 0.668. The van der Waals surface area contributed by atoms with E-state index < -0.39 is 0 Å². The summed E-state index contributed by atoms with van der Waals surface area (Å²) in [5.41, 5.74) is 4.18. The summed E-state index contributed by atoms with van der Waals surface area (Å²) >= 11 is 0. The topological polar surface area (TPSA) is 3.01 Å². The van der Waals surface area contributed by atoms with Crippen LogP contribution in [-0.2, 0) is 0 Å². The van der Waals surface area contributed by atoms with Gasteiger partial charge in [-0.2, -0.15) is 0 Å². The van der Waals surface area contributed by atoms with Crippen LogP contribution in [0.3, 0.4) is 0 Å². The van der Waals surface area contributed by atoms with Gasteiger partial charge in [0.2, 0.25) is 0 Å². The zero-order valence-corrected chi connectivity index (χ0v) is 10.9. The highest BCUT2D eigenvalue weighted by molar-refractivity contribution is 5.80. The number of hydrogen-bond acceptors (Lipinski definition) is 0. The number of fused-ring (bicyclic) bond motifs is 1. The first-order valence-electron chi connectivity index (χ1n) is 6.48. The number of rotatable bonds is 1. The van der Waals surface area contributed by atoms with Crippen molar-refractivity contribution in [3.05, 3.63) is 71.3 Å². The first-order valence-corrected chi connectivity index (χ1v) is 6.48. The molecule has 1 heterocycles. The zero-order chi connectivity index (χ0) is 12.5. The molecule has 2 aromatic rings. The largest absolute Gasteiger partial charge is 0.235 e. The molecule has 0 bridgehead atoms. The Labute approximate surface area is 108 Å². The van der Waals surface area contributed by atoms with E-state index >= 15 is 0 Å². The minimum absolute atomic E-state index is 0.456. The molecular weight excluding hydrogens is 218 g/mol. The first-order chi connectivity index (χ1) is 8.77. The Bertz CT molecular complexity index is 584. The van der Waals surface area contributed by atoms with Gasteiger partial charge >= 0.3 is 0 Å². The van der Waals surface area contributed by atoms with Gasteiger partial charge in [-0.25, -0.2) is 4.58 Å². The normalized spacial score (nSPS) is 22.2. The summed E-state index contributed by atoms with van der Waals surface area (Å²) in [6, 6.07) is 20.0. The van der Waals surface area contributed by atoms with E-state index in [0.29, 0.717) is 12.0 Å². The SMILES string of the molecule is C[C@@H]1[C@@H](c2ccccc2)c2ccccc2C=[N+]1C. The van der Waals surface area contributed by atoms with Gasteiger partial charge in [0.25, 0.3) is 0 Å². The van der Waals surface area contributed by atoms with Gasteiger partial charge in [-0.15, -0.1) is 0 Å². The van der Waals surface area contributed by atoms with Gasteiger partial charge in [0.15, 0.2) is 12.3 Å². The highest BCUT2D eigenvalue weighted by Crippen LogP contribution is 2.33. The molecule has 0 amide bonds. The van der Waals surface area contributed by atoms with Gasteiger partial charge < -0.3 is 0 Å². The van der Waals surface area contributed by atoms with Gasteiger partial charge in [-0.05, 0) is 24.1 Å². The molecule has 90 valence electrons. The Hall–Kier alpha value is -1.89. The molecule has 0 saturated carbocycles. The summed E-state index contributed by atoms with van der Waals surface area (Å²) in [4.78, 5) is 0. The Kier molecular flexibility index (Phi) is 2.75.